The second-order valence-electron chi connectivity index (χ2n) is 9.38. The minimum atomic E-state index is -2.70. The number of likely N-dealkylation sites (N-methyl/N-ethyl adjacent to an activating group) is 2. The SMILES string of the molecule is COc1cc(N(C)CCN(C)C)c(NC(=O)C(F)=C(F)F)cc1Nc1nccc(-c2cn(C)c3ccccc23)n1. The Balaban J connectivity index is 1.73. The molecule has 0 radical (unpaired) electrons. The van der Waals surface area contributed by atoms with E-state index in [0.717, 1.165) is 16.5 Å². The smallest absolute Gasteiger partial charge is 0.311 e. The molecule has 1 amide bonds. The van der Waals surface area contributed by atoms with Crippen molar-refractivity contribution < 1.29 is 22.7 Å². The molecule has 0 atom stereocenters. The van der Waals surface area contributed by atoms with Crippen LogP contribution in [0.5, 0.6) is 5.75 Å². The fourth-order valence-electron chi connectivity index (χ4n) is 4.22. The average molecular weight is 554 g/mol. The summed E-state index contributed by atoms with van der Waals surface area (Å²) >= 11 is 0. The molecule has 0 unspecified atom stereocenters. The molecule has 0 aliphatic heterocycles. The Morgan fingerprint density at radius 2 is 1.80 bits per heavy atom. The summed E-state index contributed by atoms with van der Waals surface area (Å²) in [6.45, 7) is 1.19. The maximum absolute atomic E-state index is 13.7. The molecule has 0 saturated carbocycles. The number of carbonyl (C=O) groups excluding carboxylic acids is 1. The minimum absolute atomic E-state index is 0.0937. The highest BCUT2D eigenvalue weighted by atomic mass is 19.3. The van der Waals surface area contributed by atoms with E-state index in [0.29, 0.717) is 35.9 Å². The molecule has 210 valence electrons. The number of halogens is 3. The van der Waals surface area contributed by atoms with Crippen LogP contribution in [0.3, 0.4) is 0 Å². The summed E-state index contributed by atoms with van der Waals surface area (Å²) in [5, 5.41) is 6.36. The molecular formula is C28H30F3N7O2. The Morgan fingerprint density at radius 3 is 2.50 bits per heavy atom. The van der Waals surface area contributed by atoms with Crippen LogP contribution in [0.2, 0.25) is 0 Å². The van der Waals surface area contributed by atoms with Gasteiger partial charge in [0.1, 0.15) is 5.75 Å². The number of carbonyl (C=O) groups is 1. The Bertz CT molecular complexity index is 1570. The Labute approximate surface area is 229 Å². The highest BCUT2D eigenvalue weighted by Crippen LogP contribution is 2.38. The number of hydrogen-bond acceptors (Lipinski definition) is 7. The minimum Gasteiger partial charge on any atom is -0.494 e. The van der Waals surface area contributed by atoms with Crippen molar-refractivity contribution in [2.45, 2.75) is 0 Å². The van der Waals surface area contributed by atoms with Crippen molar-refractivity contribution in [2.24, 2.45) is 7.05 Å². The fourth-order valence-corrected chi connectivity index (χ4v) is 4.22. The zero-order chi connectivity index (χ0) is 29.0. The van der Waals surface area contributed by atoms with Gasteiger partial charge in [0.15, 0.2) is 0 Å². The number of aromatic nitrogens is 3. The first-order chi connectivity index (χ1) is 19.1. The highest BCUT2D eigenvalue weighted by molar-refractivity contribution is 6.05. The number of ether oxygens (including phenoxy) is 1. The molecule has 4 aromatic rings. The number of aryl methyl sites for hydroxylation is 1. The summed E-state index contributed by atoms with van der Waals surface area (Å²) in [4.78, 5) is 24.9. The van der Waals surface area contributed by atoms with Gasteiger partial charge in [-0.3, -0.25) is 4.79 Å². The number of fused-ring (bicyclic) bond motifs is 1. The van der Waals surface area contributed by atoms with Gasteiger partial charge < -0.3 is 29.7 Å². The van der Waals surface area contributed by atoms with Crippen LogP contribution in [-0.4, -0.2) is 66.7 Å². The van der Waals surface area contributed by atoms with Crippen molar-refractivity contribution in [1.82, 2.24) is 19.4 Å². The van der Waals surface area contributed by atoms with Crippen molar-refractivity contribution in [3.05, 3.63) is 66.8 Å². The van der Waals surface area contributed by atoms with E-state index in [1.807, 2.05) is 61.1 Å². The third kappa shape index (κ3) is 6.18. The lowest BCUT2D eigenvalue weighted by atomic mass is 10.1. The van der Waals surface area contributed by atoms with Gasteiger partial charge in [0.2, 0.25) is 5.95 Å². The third-order valence-corrected chi connectivity index (χ3v) is 6.30. The Hall–Kier alpha value is -4.58. The standard InChI is InChI=1S/C28H30F3N7O2/c1-36(2)12-13-37(3)23-15-24(40-5)21(14-20(23)33-27(39)25(29)26(30)31)35-28-32-11-10-19(34-28)18-16-38(4)22-9-7-6-8-17(18)22/h6-11,14-16H,12-13H2,1-5H3,(H,33,39)(H,32,34,35). The lowest BCUT2D eigenvalue weighted by molar-refractivity contribution is -0.114. The summed E-state index contributed by atoms with van der Waals surface area (Å²) in [6.07, 6.45) is 0.885. The zero-order valence-corrected chi connectivity index (χ0v) is 22.8. The highest BCUT2D eigenvalue weighted by Gasteiger charge is 2.21. The summed E-state index contributed by atoms with van der Waals surface area (Å²) in [5.41, 5.74) is 3.51. The predicted octanol–water partition coefficient (Wildman–Crippen LogP) is 5.40. The topological polar surface area (TPSA) is 87.5 Å². The van der Waals surface area contributed by atoms with E-state index in [1.165, 1.54) is 13.2 Å². The van der Waals surface area contributed by atoms with Gasteiger partial charge in [0.05, 0.1) is 29.9 Å². The summed E-state index contributed by atoms with van der Waals surface area (Å²) in [5.74, 6) is -3.11. The van der Waals surface area contributed by atoms with E-state index in [9.17, 15) is 18.0 Å². The molecule has 40 heavy (non-hydrogen) atoms. The Kier molecular flexibility index (Phi) is 8.58. The van der Waals surface area contributed by atoms with E-state index in [-0.39, 0.29) is 11.6 Å². The van der Waals surface area contributed by atoms with Crippen LogP contribution in [0.25, 0.3) is 22.2 Å². The largest absolute Gasteiger partial charge is 0.494 e. The summed E-state index contributed by atoms with van der Waals surface area (Å²) < 4.78 is 46.9. The molecule has 2 aromatic heterocycles. The number of para-hydroxylation sites is 1. The third-order valence-electron chi connectivity index (χ3n) is 6.30. The van der Waals surface area contributed by atoms with Crippen LogP contribution >= 0.6 is 0 Å². The first kappa shape index (κ1) is 28.4. The van der Waals surface area contributed by atoms with Gasteiger partial charge in [-0.15, -0.1) is 0 Å². The molecule has 2 N–H and O–H groups in total. The van der Waals surface area contributed by atoms with Gasteiger partial charge in [-0.25, -0.2) is 9.97 Å². The molecule has 4 rings (SSSR count). The van der Waals surface area contributed by atoms with Crippen molar-refractivity contribution in [1.29, 1.82) is 0 Å². The van der Waals surface area contributed by atoms with Crippen molar-refractivity contribution in [2.75, 3.05) is 56.9 Å². The van der Waals surface area contributed by atoms with E-state index in [1.54, 1.807) is 30.3 Å². The Morgan fingerprint density at radius 1 is 1.05 bits per heavy atom. The van der Waals surface area contributed by atoms with Gasteiger partial charge in [-0.2, -0.15) is 13.2 Å². The molecule has 9 nitrogen and oxygen atoms in total. The van der Waals surface area contributed by atoms with Crippen molar-refractivity contribution in [3.8, 4) is 17.0 Å². The molecule has 0 aliphatic rings. The normalized spacial score (nSPS) is 11.0. The molecule has 0 aliphatic carbocycles. The van der Waals surface area contributed by atoms with Crippen molar-refractivity contribution in [3.63, 3.8) is 0 Å². The van der Waals surface area contributed by atoms with Crippen molar-refractivity contribution >= 4 is 39.8 Å². The second-order valence-corrected chi connectivity index (χ2v) is 9.38. The lowest BCUT2D eigenvalue weighted by Crippen LogP contribution is -2.29. The van der Waals surface area contributed by atoms with Crippen LogP contribution in [0.1, 0.15) is 0 Å². The number of methoxy groups -OCH3 is 1. The number of amides is 1. The van der Waals surface area contributed by atoms with Gasteiger partial charge in [-0.05, 0) is 32.3 Å². The maximum Gasteiger partial charge on any atom is 0.311 e. The van der Waals surface area contributed by atoms with Crippen LogP contribution in [0, 0.1) is 0 Å². The van der Waals surface area contributed by atoms with E-state index in [4.69, 9.17) is 4.74 Å². The van der Waals surface area contributed by atoms with E-state index < -0.39 is 17.8 Å². The second kappa shape index (κ2) is 12.1. The maximum atomic E-state index is 13.7. The number of benzene rings is 2. The molecule has 12 heteroatoms. The average Bonchev–Trinajstić information content (AvgIpc) is 3.28. The molecule has 0 saturated heterocycles. The summed E-state index contributed by atoms with van der Waals surface area (Å²) in [7, 11) is 8.99. The molecule has 2 aromatic carbocycles. The van der Waals surface area contributed by atoms with Gasteiger partial charge in [0, 0.05) is 62.1 Å². The van der Waals surface area contributed by atoms with Gasteiger partial charge in [0.25, 0.3) is 11.7 Å². The predicted molar refractivity (Wildman–Crippen MR) is 151 cm³/mol. The molecular weight excluding hydrogens is 523 g/mol. The first-order valence-corrected chi connectivity index (χ1v) is 12.3. The number of hydrogen-bond donors (Lipinski definition) is 2. The first-order valence-electron chi connectivity index (χ1n) is 12.3. The van der Waals surface area contributed by atoms with E-state index >= 15 is 0 Å². The number of nitrogens with zero attached hydrogens (tertiary/aromatic N) is 5. The lowest BCUT2D eigenvalue weighted by Gasteiger charge is -2.26. The van der Waals surface area contributed by atoms with Crippen LogP contribution in [0.4, 0.5) is 36.2 Å². The molecule has 2 heterocycles. The molecule has 0 bridgehead atoms. The number of anilines is 4. The molecule has 0 spiro atoms. The number of rotatable bonds is 10. The van der Waals surface area contributed by atoms with Crippen LogP contribution < -0.4 is 20.3 Å². The monoisotopic (exact) mass is 553 g/mol. The zero-order valence-electron chi connectivity index (χ0n) is 22.8. The van der Waals surface area contributed by atoms with E-state index in [2.05, 4.69) is 20.6 Å². The quantitative estimate of drug-likeness (QED) is 0.254. The van der Waals surface area contributed by atoms with Gasteiger partial charge in [-0.1, -0.05) is 18.2 Å². The fraction of sp³-hybridized carbons (Fsp3) is 0.250. The molecule has 0 fully saturated rings. The van der Waals surface area contributed by atoms with Gasteiger partial charge >= 0.3 is 6.08 Å². The van der Waals surface area contributed by atoms with Crippen LogP contribution in [-0.2, 0) is 11.8 Å². The van der Waals surface area contributed by atoms with Crippen LogP contribution in [0.15, 0.2) is 66.8 Å². The summed E-state index contributed by atoms with van der Waals surface area (Å²) in [6, 6.07) is 12.8. The number of nitrogens with one attached hydrogen (secondary N) is 2.